The Morgan fingerprint density at radius 1 is 1.12 bits per heavy atom. The van der Waals surface area contributed by atoms with Gasteiger partial charge in [-0.1, -0.05) is 30.3 Å². The van der Waals surface area contributed by atoms with Crippen LogP contribution in [0.4, 0.5) is 13.2 Å². The summed E-state index contributed by atoms with van der Waals surface area (Å²) in [6, 6.07) is 9.30. The second-order valence-corrected chi connectivity index (χ2v) is 7.24. The van der Waals surface area contributed by atoms with Gasteiger partial charge in [-0.15, -0.1) is 5.10 Å². The lowest BCUT2D eigenvalue weighted by atomic mass is 9.79. The molecular weight excluding hydrogens is 343 g/mol. The van der Waals surface area contributed by atoms with Crippen LogP contribution in [0, 0.1) is 11.8 Å². The van der Waals surface area contributed by atoms with E-state index >= 15 is 0 Å². The van der Waals surface area contributed by atoms with Gasteiger partial charge in [0.1, 0.15) is 0 Å². The average molecular weight is 365 g/mol. The van der Waals surface area contributed by atoms with E-state index in [2.05, 4.69) is 10.00 Å². The molecule has 5 rings (SSSR count). The molecule has 1 atom stereocenters. The molecule has 1 aromatic heterocycles. The topological polar surface area (TPSA) is 30.3 Å². The van der Waals surface area contributed by atoms with Gasteiger partial charge in [-0.25, -0.2) is 0 Å². The Hall–Kier alpha value is -2.02. The van der Waals surface area contributed by atoms with Crippen molar-refractivity contribution in [2.75, 3.05) is 26.2 Å². The Balaban J connectivity index is 1.56. The molecule has 7 heteroatoms. The molecule has 3 saturated heterocycles. The Labute approximate surface area is 150 Å². The van der Waals surface area contributed by atoms with Gasteiger partial charge in [-0.05, 0) is 43.3 Å². The number of hydrogen-bond donors (Lipinski definition) is 0. The van der Waals surface area contributed by atoms with E-state index in [1.54, 1.807) is 4.68 Å². The first-order valence-electron chi connectivity index (χ1n) is 9.03. The summed E-state index contributed by atoms with van der Waals surface area (Å²) >= 11 is 0. The lowest BCUT2D eigenvalue weighted by Gasteiger charge is -2.44. The summed E-state index contributed by atoms with van der Waals surface area (Å²) in [6.07, 6.45) is -0.157. The zero-order chi connectivity index (χ0) is 18.1. The van der Waals surface area contributed by atoms with Crippen LogP contribution in [-0.4, -0.2) is 47.1 Å². The van der Waals surface area contributed by atoms with Crippen molar-refractivity contribution >= 4 is 0 Å². The third-order valence-corrected chi connectivity index (χ3v) is 5.40. The predicted octanol–water partition coefficient (Wildman–Crippen LogP) is 3.83. The maximum absolute atomic E-state index is 12.6. The molecule has 3 aliphatic rings. The fraction of sp³-hybridized carbons (Fsp3) is 0.526. The van der Waals surface area contributed by atoms with Crippen LogP contribution in [0.25, 0.3) is 11.1 Å². The first kappa shape index (κ1) is 17.4. The van der Waals surface area contributed by atoms with Gasteiger partial charge in [0.15, 0.2) is 6.61 Å². The molecule has 4 heterocycles. The molecule has 0 N–H and O–H groups in total. The first-order chi connectivity index (χ1) is 12.5. The van der Waals surface area contributed by atoms with E-state index in [4.69, 9.17) is 4.74 Å². The number of hydrogen-bond acceptors (Lipinski definition) is 3. The van der Waals surface area contributed by atoms with E-state index in [-0.39, 0.29) is 5.88 Å². The summed E-state index contributed by atoms with van der Waals surface area (Å²) in [7, 11) is 0. The summed E-state index contributed by atoms with van der Waals surface area (Å²) in [5, 5.41) is 4.34. The normalized spacial score (nSPS) is 25.4. The molecule has 1 aromatic carbocycles. The maximum atomic E-state index is 12.6. The highest BCUT2D eigenvalue weighted by molar-refractivity contribution is 5.67. The van der Waals surface area contributed by atoms with Crippen LogP contribution in [0.1, 0.15) is 12.8 Å². The molecule has 3 aliphatic heterocycles. The Morgan fingerprint density at radius 3 is 2.46 bits per heavy atom. The van der Waals surface area contributed by atoms with Gasteiger partial charge >= 0.3 is 6.18 Å². The molecule has 0 amide bonds. The van der Waals surface area contributed by atoms with Gasteiger partial charge in [-0.3, -0.25) is 4.68 Å². The van der Waals surface area contributed by atoms with Crippen molar-refractivity contribution in [1.29, 1.82) is 0 Å². The lowest BCUT2D eigenvalue weighted by molar-refractivity contribution is -0.154. The zero-order valence-electron chi connectivity index (χ0n) is 14.5. The zero-order valence-corrected chi connectivity index (χ0v) is 14.5. The number of fused-ring (bicyclic) bond motifs is 3. The second kappa shape index (κ2) is 6.95. The van der Waals surface area contributed by atoms with Gasteiger partial charge < -0.3 is 9.64 Å². The van der Waals surface area contributed by atoms with Crippen LogP contribution in [0.3, 0.4) is 0 Å². The summed E-state index contributed by atoms with van der Waals surface area (Å²) < 4.78 is 44.6. The number of nitrogens with zero attached hydrogens (tertiary/aromatic N) is 3. The van der Waals surface area contributed by atoms with E-state index in [1.165, 1.54) is 12.8 Å². The van der Waals surface area contributed by atoms with Crippen molar-refractivity contribution in [2.24, 2.45) is 11.8 Å². The van der Waals surface area contributed by atoms with Crippen molar-refractivity contribution < 1.29 is 17.9 Å². The van der Waals surface area contributed by atoms with Crippen LogP contribution in [0.2, 0.25) is 0 Å². The Morgan fingerprint density at radius 2 is 1.85 bits per heavy atom. The summed E-state index contributed by atoms with van der Waals surface area (Å²) in [6.45, 7) is 2.76. The molecule has 2 bridgehead atoms. The van der Waals surface area contributed by atoms with Crippen molar-refractivity contribution in [1.82, 2.24) is 14.7 Å². The minimum Gasteiger partial charge on any atom is -0.467 e. The largest absolute Gasteiger partial charge is 0.467 e. The van der Waals surface area contributed by atoms with Gasteiger partial charge in [0.2, 0.25) is 5.88 Å². The standard InChI is InChI=1S/C19H22F3N3O/c20-19(21,22)13-26-18-17(15-4-2-1-3-5-15)12-25(23-18)11-16-10-24-8-6-14(16)7-9-24/h1-5,12,14,16H,6-11,13H2. The van der Waals surface area contributed by atoms with E-state index < -0.39 is 12.8 Å². The number of ether oxygens (including phenoxy) is 1. The highest BCUT2D eigenvalue weighted by Crippen LogP contribution is 2.35. The van der Waals surface area contributed by atoms with Crippen LogP contribution in [0.15, 0.2) is 36.5 Å². The highest BCUT2D eigenvalue weighted by Gasteiger charge is 2.35. The number of benzene rings is 1. The van der Waals surface area contributed by atoms with Gasteiger partial charge in [0, 0.05) is 19.3 Å². The van der Waals surface area contributed by atoms with E-state index in [9.17, 15) is 13.2 Å². The molecule has 0 spiro atoms. The molecule has 26 heavy (non-hydrogen) atoms. The number of rotatable bonds is 5. The Bertz CT molecular complexity index is 736. The fourth-order valence-electron chi connectivity index (χ4n) is 4.10. The number of piperidine rings is 3. The van der Waals surface area contributed by atoms with E-state index in [0.717, 1.165) is 31.7 Å². The van der Waals surface area contributed by atoms with E-state index in [1.807, 2.05) is 36.5 Å². The SMILES string of the molecule is FC(F)(F)COc1nn(CC2CN3CCC2CC3)cc1-c1ccccc1. The first-order valence-corrected chi connectivity index (χ1v) is 9.03. The number of alkyl halides is 3. The van der Waals surface area contributed by atoms with Gasteiger partial charge in [0.05, 0.1) is 5.56 Å². The predicted molar refractivity (Wildman–Crippen MR) is 91.9 cm³/mol. The lowest BCUT2D eigenvalue weighted by Crippen LogP contribution is -2.48. The second-order valence-electron chi connectivity index (χ2n) is 7.24. The molecule has 0 saturated carbocycles. The van der Waals surface area contributed by atoms with E-state index in [0.29, 0.717) is 17.4 Å². The molecular formula is C19H22F3N3O. The monoisotopic (exact) mass is 365 g/mol. The number of halogens is 3. The van der Waals surface area contributed by atoms with Gasteiger partial charge in [0.25, 0.3) is 0 Å². The van der Waals surface area contributed by atoms with Crippen molar-refractivity contribution in [3.8, 4) is 17.0 Å². The molecule has 3 fully saturated rings. The minimum absolute atomic E-state index is 0.0507. The van der Waals surface area contributed by atoms with Crippen molar-refractivity contribution in [2.45, 2.75) is 25.6 Å². The average Bonchev–Trinajstić information content (AvgIpc) is 3.04. The van der Waals surface area contributed by atoms with Gasteiger partial charge in [-0.2, -0.15) is 13.2 Å². The molecule has 140 valence electrons. The smallest absolute Gasteiger partial charge is 0.422 e. The summed E-state index contributed by atoms with van der Waals surface area (Å²) in [4.78, 5) is 2.47. The quantitative estimate of drug-likeness (QED) is 0.807. The molecule has 2 aromatic rings. The third-order valence-electron chi connectivity index (χ3n) is 5.40. The summed E-state index contributed by atoms with van der Waals surface area (Å²) in [5.41, 5.74) is 1.42. The molecule has 4 nitrogen and oxygen atoms in total. The minimum atomic E-state index is -4.38. The van der Waals surface area contributed by atoms with Crippen LogP contribution < -0.4 is 4.74 Å². The fourth-order valence-corrected chi connectivity index (χ4v) is 4.10. The van der Waals surface area contributed by atoms with Crippen LogP contribution >= 0.6 is 0 Å². The summed E-state index contributed by atoms with van der Waals surface area (Å²) in [5.74, 6) is 1.23. The highest BCUT2D eigenvalue weighted by atomic mass is 19.4. The molecule has 1 unspecified atom stereocenters. The van der Waals surface area contributed by atoms with Crippen molar-refractivity contribution in [3.05, 3.63) is 36.5 Å². The number of aromatic nitrogens is 2. The Kier molecular flexibility index (Phi) is 4.65. The maximum Gasteiger partial charge on any atom is 0.422 e. The van der Waals surface area contributed by atoms with Crippen molar-refractivity contribution in [3.63, 3.8) is 0 Å². The third kappa shape index (κ3) is 3.87. The molecule has 0 aliphatic carbocycles. The molecule has 0 radical (unpaired) electrons. The van der Waals surface area contributed by atoms with Crippen LogP contribution in [0.5, 0.6) is 5.88 Å². The van der Waals surface area contributed by atoms with Crippen LogP contribution in [-0.2, 0) is 6.54 Å².